The average Bonchev–Trinajstić information content (AvgIpc) is 3.29. The fourth-order valence-electron chi connectivity index (χ4n) is 2.33. The van der Waals surface area contributed by atoms with Crippen LogP contribution in [0.2, 0.25) is 0 Å². The summed E-state index contributed by atoms with van der Waals surface area (Å²) in [5.41, 5.74) is 2.42. The molecule has 3 aromatic rings. The van der Waals surface area contributed by atoms with Crippen molar-refractivity contribution < 1.29 is 23.2 Å². The summed E-state index contributed by atoms with van der Waals surface area (Å²) in [6.45, 7) is -0.102. The van der Waals surface area contributed by atoms with Gasteiger partial charge in [0.05, 0.1) is 14.6 Å². The number of anilines is 1. The number of amides is 2. The monoisotopic (exact) mass is 421 g/mol. The lowest BCUT2D eigenvalue weighted by molar-refractivity contribution is -0.116. The number of hydrogen-bond donors (Lipinski definition) is 4. The number of benzene rings is 1. The first-order valence-corrected chi connectivity index (χ1v) is 10.1. The van der Waals surface area contributed by atoms with E-state index in [-0.39, 0.29) is 11.4 Å². The molecule has 0 fully saturated rings. The highest BCUT2D eigenvalue weighted by molar-refractivity contribution is 7.89. The van der Waals surface area contributed by atoms with Crippen molar-refractivity contribution in [1.82, 2.24) is 15.3 Å². The molecular weight excluding hydrogens is 406 g/mol. The van der Waals surface area contributed by atoms with Crippen LogP contribution in [-0.4, -0.2) is 35.2 Å². The maximum Gasteiger partial charge on any atom is 0.284 e. The van der Waals surface area contributed by atoms with E-state index in [1.54, 1.807) is 35.9 Å². The van der Waals surface area contributed by atoms with Crippen molar-refractivity contribution in [2.45, 2.75) is 11.4 Å². The van der Waals surface area contributed by atoms with E-state index < -0.39 is 21.8 Å². The summed E-state index contributed by atoms with van der Waals surface area (Å²) < 4.78 is 24.2. The van der Waals surface area contributed by atoms with E-state index >= 15 is 0 Å². The predicted molar refractivity (Wildman–Crippen MR) is 101 cm³/mol. The first-order chi connectivity index (χ1) is 13.3. The summed E-state index contributed by atoms with van der Waals surface area (Å²) in [7, 11) is -3.87. The molecule has 0 spiro atoms. The highest BCUT2D eigenvalue weighted by Gasteiger charge is 2.13. The number of primary sulfonamides is 1. The van der Waals surface area contributed by atoms with Gasteiger partial charge in [0.15, 0.2) is 0 Å². The minimum absolute atomic E-state index is 0.102. The standard InChI is InChI=1S/C16H15N5O5S2/c17-28(25,26)11-3-1-2-10(8-11)18-15(22)9-21-7-6-12(19-21)13-4-5-14(27-13)16(23)20-24/h1-8,24H,9H2,(H,18,22)(H,20,23)(H2,17,25,26). The predicted octanol–water partition coefficient (Wildman–Crippen LogP) is 1.02. The fraction of sp³-hybridized carbons (Fsp3) is 0.0625. The molecule has 3 rings (SSSR count). The molecule has 10 nitrogen and oxygen atoms in total. The summed E-state index contributed by atoms with van der Waals surface area (Å²) in [5, 5.41) is 20.6. The molecule has 2 aromatic heterocycles. The van der Waals surface area contributed by atoms with Crippen LogP contribution in [-0.2, 0) is 21.4 Å². The second kappa shape index (κ2) is 7.90. The normalized spacial score (nSPS) is 11.2. The van der Waals surface area contributed by atoms with Gasteiger partial charge >= 0.3 is 0 Å². The zero-order chi connectivity index (χ0) is 20.3. The smallest absolute Gasteiger partial charge is 0.284 e. The van der Waals surface area contributed by atoms with Crippen molar-refractivity contribution in [2.24, 2.45) is 5.14 Å². The zero-order valence-corrected chi connectivity index (χ0v) is 15.8. The summed E-state index contributed by atoms with van der Waals surface area (Å²) in [5.74, 6) is -1.02. The minimum Gasteiger partial charge on any atom is -0.324 e. The van der Waals surface area contributed by atoms with Crippen molar-refractivity contribution in [2.75, 3.05) is 5.32 Å². The highest BCUT2D eigenvalue weighted by Crippen LogP contribution is 2.26. The molecule has 0 aliphatic rings. The van der Waals surface area contributed by atoms with Gasteiger partial charge in [-0.3, -0.25) is 19.5 Å². The molecule has 1 aromatic carbocycles. The third-order valence-corrected chi connectivity index (χ3v) is 5.59. The van der Waals surface area contributed by atoms with Gasteiger partial charge in [0.2, 0.25) is 15.9 Å². The van der Waals surface area contributed by atoms with Gasteiger partial charge in [0, 0.05) is 11.9 Å². The van der Waals surface area contributed by atoms with Crippen molar-refractivity contribution in [3.8, 4) is 10.6 Å². The number of rotatable bonds is 6. The first kappa shape index (κ1) is 19.7. The quantitative estimate of drug-likeness (QED) is 0.344. The van der Waals surface area contributed by atoms with Crippen LogP contribution < -0.4 is 15.9 Å². The molecule has 0 aliphatic carbocycles. The van der Waals surface area contributed by atoms with Crippen LogP contribution >= 0.6 is 11.3 Å². The van der Waals surface area contributed by atoms with Gasteiger partial charge in [0.1, 0.15) is 12.2 Å². The molecule has 28 heavy (non-hydrogen) atoms. The second-order valence-electron chi connectivity index (χ2n) is 5.62. The number of aromatic nitrogens is 2. The lowest BCUT2D eigenvalue weighted by Gasteiger charge is -2.07. The molecule has 12 heteroatoms. The van der Waals surface area contributed by atoms with E-state index in [4.69, 9.17) is 10.3 Å². The Labute approximate surface area is 163 Å². The SMILES string of the molecule is NS(=O)(=O)c1cccc(NC(=O)Cn2ccc(-c3ccc(C(=O)NO)s3)n2)c1. The van der Waals surface area contributed by atoms with E-state index in [1.807, 2.05) is 0 Å². The Kier molecular flexibility index (Phi) is 5.56. The number of nitrogens with zero attached hydrogens (tertiary/aromatic N) is 2. The maximum atomic E-state index is 12.2. The van der Waals surface area contributed by atoms with Crippen LogP contribution in [0.25, 0.3) is 10.6 Å². The fourth-order valence-corrected chi connectivity index (χ4v) is 3.75. The third-order valence-electron chi connectivity index (χ3n) is 3.58. The number of carbonyl (C=O) groups excluding carboxylic acids is 2. The summed E-state index contributed by atoms with van der Waals surface area (Å²) in [6.07, 6.45) is 1.60. The van der Waals surface area contributed by atoms with Gasteiger partial charge in [-0.15, -0.1) is 11.3 Å². The van der Waals surface area contributed by atoms with Crippen LogP contribution in [0.15, 0.2) is 53.6 Å². The Morgan fingerprint density at radius 3 is 2.71 bits per heavy atom. The molecule has 0 unspecified atom stereocenters. The number of thiophene rings is 1. The average molecular weight is 421 g/mol. The number of carbonyl (C=O) groups is 2. The number of hydroxylamine groups is 1. The topological polar surface area (TPSA) is 156 Å². The van der Waals surface area contributed by atoms with Crippen LogP contribution in [0.5, 0.6) is 0 Å². The maximum absolute atomic E-state index is 12.2. The molecule has 2 heterocycles. The molecule has 2 amide bonds. The highest BCUT2D eigenvalue weighted by atomic mass is 32.2. The van der Waals surface area contributed by atoms with Crippen molar-refractivity contribution in [3.63, 3.8) is 0 Å². The van der Waals surface area contributed by atoms with Gasteiger partial charge in [-0.25, -0.2) is 19.0 Å². The van der Waals surface area contributed by atoms with Gasteiger partial charge in [-0.1, -0.05) is 6.07 Å². The zero-order valence-electron chi connectivity index (χ0n) is 14.2. The third kappa shape index (κ3) is 4.61. The van der Waals surface area contributed by atoms with Crippen molar-refractivity contribution in [3.05, 3.63) is 53.5 Å². The summed E-state index contributed by atoms with van der Waals surface area (Å²) >= 11 is 1.14. The number of sulfonamides is 1. The first-order valence-electron chi connectivity index (χ1n) is 7.77. The Morgan fingerprint density at radius 1 is 1.21 bits per heavy atom. The summed E-state index contributed by atoms with van der Waals surface area (Å²) in [4.78, 5) is 24.5. The molecule has 5 N–H and O–H groups in total. The largest absolute Gasteiger partial charge is 0.324 e. The van der Waals surface area contributed by atoms with E-state index in [1.165, 1.54) is 22.9 Å². The minimum atomic E-state index is -3.87. The molecule has 0 radical (unpaired) electrons. The Hall–Kier alpha value is -3.06. The van der Waals surface area contributed by atoms with E-state index in [0.717, 1.165) is 11.3 Å². The van der Waals surface area contributed by atoms with Gasteiger partial charge in [0.25, 0.3) is 5.91 Å². The Morgan fingerprint density at radius 2 is 2.00 bits per heavy atom. The molecule has 146 valence electrons. The lowest BCUT2D eigenvalue weighted by atomic mass is 10.3. The number of hydrogen-bond acceptors (Lipinski definition) is 7. The molecule has 0 bridgehead atoms. The van der Waals surface area contributed by atoms with Crippen molar-refractivity contribution in [1.29, 1.82) is 0 Å². The molecule has 0 saturated carbocycles. The van der Waals surface area contributed by atoms with Gasteiger partial charge in [-0.2, -0.15) is 5.10 Å². The summed E-state index contributed by atoms with van der Waals surface area (Å²) in [6, 6.07) is 10.5. The number of nitrogens with two attached hydrogens (primary N) is 1. The molecule has 0 aliphatic heterocycles. The molecule has 0 saturated heterocycles. The molecule has 0 atom stereocenters. The van der Waals surface area contributed by atoms with Crippen LogP contribution in [0.1, 0.15) is 9.67 Å². The molecular formula is C16H15N5O5S2. The Bertz CT molecular complexity index is 1140. The van der Waals surface area contributed by atoms with E-state index in [9.17, 15) is 18.0 Å². The van der Waals surface area contributed by atoms with Crippen molar-refractivity contribution >= 4 is 38.9 Å². The van der Waals surface area contributed by atoms with Crippen LogP contribution in [0.4, 0.5) is 5.69 Å². The van der Waals surface area contributed by atoms with E-state index in [0.29, 0.717) is 21.1 Å². The van der Waals surface area contributed by atoms with Gasteiger partial charge in [-0.05, 0) is 36.4 Å². The van der Waals surface area contributed by atoms with Gasteiger partial charge < -0.3 is 5.32 Å². The van der Waals surface area contributed by atoms with Crippen LogP contribution in [0, 0.1) is 0 Å². The lowest BCUT2D eigenvalue weighted by Crippen LogP contribution is -2.19. The van der Waals surface area contributed by atoms with E-state index in [2.05, 4.69) is 10.4 Å². The second-order valence-corrected chi connectivity index (χ2v) is 8.27. The number of nitrogens with one attached hydrogen (secondary N) is 2. The van der Waals surface area contributed by atoms with Crippen LogP contribution in [0.3, 0.4) is 0 Å². The Balaban J connectivity index is 1.67.